The van der Waals surface area contributed by atoms with E-state index in [-0.39, 0.29) is 34.6 Å². The Bertz CT molecular complexity index is 1030. The van der Waals surface area contributed by atoms with E-state index in [9.17, 15) is 22.4 Å². The summed E-state index contributed by atoms with van der Waals surface area (Å²) in [4.78, 5) is 15.8. The van der Waals surface area contributed by atoms with Crippen molar-refractivity contribution in [1.82, 2.24) is 4.90 Å². The molecular weight excluding hydrogens is 446 g/mol. The number of nitriles is 1. The van der Waals surface area contributed by atoms with Gasteiger partial charge in [-0.1, -0.05) is 24.6 Å². The fraction of sp³-hybridized carbons (Fsp3) is 0.391. The first-order chi connectivity index (χ1) is 15.1. The predicted octanol–water partition coefficient (Wildman–Crippen LogP) is 5.78. The van der Waals surface area contributed by atoms with Crippen LogP contribution in [-0.2, 0) is 17.5 Å². The van der Waals surface area contributed by atoms with Gasteiger partial charge in [0, 0.05) is 37.8 Å². The lowest BCUT2D eigenvalue weighted by Gasteiger charge is -2.32. The van der Waals surface area contributed by atoms with Gasteiger partial charge in [-0.25, -0.2) is 4.39 Å². The molecule has 170 valence electrons. The van der Waals surface area contributed by atoms with Gasteiger partial charge in [0.1, 0.15) is 11.9 Å². The zero-order valence-corrected chi connectivity index (χ0v) is 18.2. The van der Waals surface area contributed by atoms with Gasteiger partial charge in [0.15, 0.2) is 0 Å². The molecule has 0 aliphatic carbocycles. The number of carbonyl (C=O) groups is 1. The monoisotopic (exact) mass is 467 g/mol. The van der Waals surface area contributed by atoms with Crippen LogP contribution in [-0.4, -0.2) is 29.9 Å². The summed E-state index contributed by atoms with van der Waals surface area (Å²) in [6.45, 7) is 2.61. The Kier molecular flexibility index (Phi) is 7.29. The maximum atomic E-state index is 13.6. The maximum absolute atomic E-state index is 13.6. The number of carbonyl (C=O) groups excluding carboxylic acids is 1. The molecule has 0 unspecified atom stereocenters. The summed E-state index contributed by atoms with van der Waals surface area (Å²) in [7, 11) is 0. The van der Waals surface area contributed by atoms with E-state index in [1.807, 2.05) is 13.0 Å². The Balaban J connectivity index is 1.99. The molecule has 1 fully saturated rings. The quantitative estimate of drug-likeness (QED) is 0.506. The van der Waals surface area contributed by atoms with Crippen LogP contribution in [0.15, 0.2) is 36.4 Å². The number of nitrogens with zero attached hydrogens (tertiary/aromatic N) is 3. The molecule has 1 aliphatic heterocycles. The summed E-state index contributed by atoms with van der Waals surface area (Å²) in [5.74, 6) is -0.961. The molecule has 1 atom stereocenters. The lowest BCUT2D eigenvalue weighted by atomic mass is 10.0. The molecule has 0 saturated carbocycles. The molecule has 1 amide bonds. The second-order valence-electron chi connectivity index (χ2n) is 7.74. The Hall–Kier alpha value is -2.79. The van der Waals surface area contributed by atoms with E-state index in [0.717, 1.165) is 12.1 Å². The molecule has 9 heteroatoms. The maximum Gasteiger partial charge on any atom is 0.416 e. The van der Waals surface area contributed by atoms with Crippen molar-refractivity contribution in [3.8, 4) is 6.07 Å². The first-order valence-electron chi connectivity index (χ1n) is 10.2. The standard InChI is InChI=1S/C23H22ClF4N3O/c1-2-3-22(32)30-9-8-19(14-30)31(18-7-5-15(12-29)21(24)11-18)13-16-4-6-17(25)10-20(16)23(26,27)28/h4-7,10-11,19H,2-3,8-9,13-14H2,1H3/t19-/m0/s1. The van der Waals surface area contributed by atoms with Crippen LogP contribution in [0.4, 0.5) is 23.2 Å². The number of likely N-dealkylation sites (tertiary alicyclic amines) is 1. The van der Waals surface area contributed by atoms with Gasteiger partial charge in [0.05, 0.1) is 16.1 Å². The second-order valence-corrected chi connectivity index (χ2v) is 8.14. The largest absolute Gasteiger partial charge is 0.416 e. The van der Waals surface area contributed by atoms with E-state index in [1.54, 1.807) is 15.9 Å². The first-order valence-corrected chi connectivity index (χ1v) is 10.6. The van der Waals surface area contributed by atoms with Gasteiger partial charge < -0.3 is 9.80 Å². The van der Waals surface area contributed by atoms with Crippen molar-refractivity contribution in [2.75, 3.05) is 18.0 Å². The van der Waals surface area contributed by atoms with Crippen molar-refractivity contribution in [3.05, 3.63) is 63.9 Å². The molecule has 2 aromatic carbocycles. The number of hydrogen-bond donors (Lipinski definition) is 0. The number of rotatable bonds is 6. The zero-order valence-electron chi connectivity index (χ0n) is 17.4. The number of anilines is 1. The molecule has 0 bridgehead atoms. The Morgan fingerprint density at radius 3 is 2.66 bits per heavy atom. The van der Waals surface area contributed by atoms with Gasteiger partial charge in [-0.2, -0.15) is 18.4 Å². The number of benzene rings is 2. The van der Waals surface area contributed by atoms with Crippen LogP contribution < -0.4 is 4.90 Å². The highest BCUT2D eigenvalue weighted by atomic mass is 35.5. The summed E-state index contributed by atoms with van der Waals surface area (Å²) >= 11 is 6.18. The third-order valence-corrected chi connectivity index (χ3v) is 5.86. The average molecular weight is 468 g/mol. The zero-order chi connectivity index (χ0) is 23.5. The van der Waals surface area contributed by atoms with Crippen molar-refractivity contribution >= 4 is 23.2 Å². The van der Waals surface area contributed by atoms with Gasteiger partial charge in [0.2, 0.25) is 5.91 Å². The third kappa shape index (κ3) is 5.33. The van der Waals surface area contributed by atoms with E-state index in [4.69, 9.17) is 16.9 Å². The van der Waals surface area contributed by atoms with E-state index >= 15 is 0 Å². The molecule has 0 radical (unpaired) electrons. The smallest absolute Gasteiger partial charge is 0.362 e. The van der Waals surface area contributed by atoms with Crippen molar-refractivity contribution in [2.45, 2.75) is 44.9 Å². The number of halogens is 5. The minimum atomic E-state index is -4.72. The van der Waals surface area contributed by atoms with Crippen molar-refractivity contribution in [1.29, 1.82) is 5.26 Å². The van der Waals surface area contributed by atoms with Crippen molar-refractivity contribution in [3.63, 3.8) is 0 Å². The van der Waals surface area contributed by atoms with Crippen LogP contribution in [0, 0.1) is 17.1 Å². The Labute approximate surface area is 189 Å². The third-order valence-electron chi connectivity index (χ3n) is 5.54. The van der Waals surface area contributed by atoms with Gasteiger partial charge in [0.25, 0.3) is 0 Å². The predicted molar refractivity (Wildman–Crippen MR) is 114 cm³/mol. The molecule has 0 N–H and O–H groups in total. The fourth-order valence-electron chi connectivity index (χ4n) is 3.93. The van der Waals surface area contributed by atoms with E-state index in [0.29, 0.717) is 44.1 Å². The van der Waals surface area contributed by atoms with Crippen LogP contribution in [0.1, 0.15) is 42.9 Å². The minimum absolute atomic E-state index is 0.00516. The molecule has 1 aliphatic rings. The lowest BCUT2D eigenvalue weighted by molar-refractivity contribution is -0.138. The molecule has 32 heavy (non-hydrogen) atoms. The molecule has 1 heterocycles. The van der Waals surface area contributed by atoms with Crippen LogP contribution >= 0.6 is 11.6 Å². The van der Waals surface area contributed by atoms with Gasteiger partial charge in [-0.05, 0) is 48.7 Å². The Morgan fingerprint density at radius 2 is 2.03 bits per heavy atom. The lowest BCUT2D eigenvalue weighted by Crippen LogP contribution is -2.39. The summed E-state index contributed by atoms with van der Waals surface area (Å²) in [5.41, 5.74) is -0.350. The average Bonchev–Trinajstić information content (AvgIpc) is 3.22. The highest BCUT2D eigenvalue weighted by molar-refractivity contribution is 6.32. The van der Waals surface area contributed by atoms with Gasteiger partial charge >= 0.3 is 6.18 Å². The summed E-state index contributed by atoms with van der Waals surface area (Å²) in [6.07, 6.45) is -3.04. The first kappa shape index (κ1) is 23.9. The van der Waals surface area contributed by atoms with Crippen LogP contribution in [0.25, 0.3) is 0 Å². The topological polar surface area (TPSA) is 47.3 Å². The second kappa shape index (κ2) is 9.78. The fourth-order valence-corrected chi connectivity index (χ4v) is 4.15. The summed E-state index contributed by atoms with van der Waals surface area (Å²) in [6, 6.07) is 8.99. The normalized spacial score (nSPS) is 16.2. The van der Waals surface area contributed by atoms with E-state index in [1.165, 1.54) is 12.1 Å². The van der Waals surface area contributed by atoms with Crippen LogP contribution in [0.2, 0.25) is 5.02 Å². The van der Waals surface area contributed by atoms with Crippen LogP contribution in [0.3, 0.4) is 0 Å². The molecule has 0 aromatic heterocycles. The molecule has 4 nitrogen and oxygen atoms in total. The SMILES string of the molecule is CCCC(=O)N1CC[C@H](N(Cc2ccc(F)cc2C(F)(F)F)c2ccc(C#N)c(Cl)c2)C1. The van der Waals surface area contributed by atoms with Crippen LogP contribution in [0.5, 0.6) is 0 Å². The van der Waals surface area contributed by atoms with E-state index < -0.39 is 17.6 Å². The number of alkyl halides is 3. The highest BCUT2D eigenvalue weighted by Crippen LogP contribution is 2.35. The summed E-state index contributed by atoms with van der Waals surface area (Å²) < 4.78 is 54.3. The molecule has 3 rings (SSSR count). The molecule has 1 saturated heterocycles. The number of amides is 1. The van der Waals surface area contributed by atoms with Gasteiger partial charge in [-0.3, -0.25) is 4.79 Å². The molecule has 2 aromatic rings. The molecular formula is C23H22ClF4N3O. The van der Waals surface area contributed by atoms with Gasteiger partial charge in [-0.15, -0.1) is 0 Å². The van der Waals surface area contributed by atoms with E-state index in [2.05, 4.69) is 0 Å². The van der Waals surface area contributed by atoms with Crippen molar-refractivity contribution in [2.24, 2.45) is 0 Å². The Morgan fingerprint density at radius 1 is 1.28 bits per heavy atom. The highest BCUT2D eigenvalue weighted by Gasteiger charge is 2.36. The van der Waals surface area contributed by atoms with Crippen molar-refractivity contribution < 1.29 is 22.4 Å². The minimum Gasteiger partial charge on any atom is -0.362 e. The summed E-state index contributed by atoms with van der Waals surface area (Å²) in [5, 5.41) is 9.32. The number of hydrogen-bond acceptors (Lipinski definition) is 3. The molecule has 0 spiro atoms.